The molecule has 0 saturated heterocycles. The number of nitrogen functional groups attached to an aromatic ring is 1. The molecular weight excluding hydrogens is 332 g/mol. The maximum absolute atomic E-state index is 12.6. The molecule has 2 aromatic heterocycles. The van der Waals surface area contributed by atoms with Crippen LogP contribution in [0.15, 0.2) is 24.3 Å². The second kappa shape index (κ2) is 6.06. The van der Waals surface area contributed by atoms with Crippen molar-refractivity contribution in [3.8, 4) is 0 Å². The Morgan fingerprint density at radius 1 is 1.35 bits per heavy atom. The Morgan fingerprint density at radius 3 is 2.92 bits per heavy atom. The monoisotopic (exact) mass is 352 g/mol. The number of rotatable bonds is 3. The zero-order valence-electron chi connectivity index (χ0n) is 14.6. The number of hydrogen-bond donors (Lipinski definition) is 3. The van der Waals surface area contributed by atoms with Crippen molar-refractivity contribution in [3.63, 3.8) is 0 Å². The number of fused-ring (bicyclic) bond motifs is 2. The van der Waals surface area contributed by atoms with E-state index in [1.165, 1.54) is 0 Å². The van der Waals surface area contributed by atoms with Gasteiger partial charge in [-0.1, -0.05) is 24.3 Å². The van der Waals surface area contributed by atoms with E-state index in [2.05, 4.69) is 20.4 Å². The number of carbonyl (C=O) groups excluding carboxylic acids is 1. The predicted molar refractivity (Wildman–Crippen MR) is 95.4 cm³/mol. The number of amides is 1. The number of hydrogen-bond acceptors (Lipinski definition) is 6. The fraction of sp³-hybridized carbons (Fsp3) is 0.333. The fourth-order valence-electron chi connectivity index (χ4n) is 3.61. The maximum Gasteiger partial charge on any atom is 0.254 e. The molecule has 2 unspecified atom stereocenters. The Balaban J connectivity index is 1.58. The zero-order valence-corrected chi connectivity index (χ0v) is 14.6. The summed E-state index contributed by atoms with van der Waals surface area (Å²) in [5.41, 5.74) is 9.95. The molecule has 26 heavy (non-hydrogen) atoms. The lowest BCUT2D eigenvalue weighted by Crippen LogP contribution is -2.35. The number of anilines is 1. The molecule has 4 rings (SSSR count). The van der Waals surface area contributed by atoms with Gasteiger partial charge in [-0.05, 0) is 25.0 Å². The van der Waals surface area contributed by atoms with Crippen LogP contribution in [-0.2, 0) is 17.6 Å². The molecule has 0 fully saturated rings. The van der Waals surface area contributed by atoms with E-state index in [0.717, 1.165) is 22.4 Å². The first-order valence-corrected chi connectivity index (χ1v) is 8.47. The second-order valence-corrected chi connectivity index (χ2v) is 6.64. The third kappa shape index (κ3) is 2.68. The summed E-state index contributed by atoms with van der Waals surface area (Å²) in [6.07, 6.45) is 0.0747. The molecular formula is C18H20N6O2. The maximum atomic E-state index is 12.6. The summed E-state index contributed by atoms with van der Waals surface area (Å²) >= 11 is 0. The van der Waals surface area contributed by atoms with Crippen LogP contribution in [0.5, 0.6) is 0 Å². The summed E-state index contributed by atoms with van der Waals surface area (Å²) in [4.78, 5) is 21.1. The van der Waals surface area contributed by atoms with E-state index >= 15 is 0 Å². The van der Waals surface area contributed by atoms with Gasteiger partial charge in [0.15, 0.2) is 0 Å². The highest BCUT2D eigenvalue weighted by Crippen LogP contribution is 2.31. The lowest BCUT2D eigenvalue weighted by atomic mass is 10.1. The quantitative estimate of drug-likeness (QED) is 0.636. The molecule has 0 spiro atoms. The molecule has 0 bridgehead atoms. The van der Waals surface area contributed by atoms with Crippen molar-refractivity contribution in [3.05, 3.63) is 52.3 Å². The van der Waals surface area contributed by atoms with Gasteiger partial charge in [0.05, 0.1) is 18.6 Å². The highest BCUT2D eigenvalue weighted by atomic mass is 16.3. The Labute approximate surface area is 150 Å². The summed E-state index contributed by atoms with van der Waals surface area (Å²) in [7, 11) is 0. The molecule has 1 aliphatic carbocycles. The van der Waals surface area contributed by atoms with Crippen LogP contribution in [0.25, 0.3) is 5.78 Å². The summed E-state index contributed by atoms with van der Waals surface area (Å²) in [6.45, 7) is 3.69. The number of aliphatic hydroxyl groups excluding tert-OH is 1. The molecule has 0 saturated carbocycles. The minimum Gasteiger partial charge on any atom is -0.390 e. The van der Waals surface area contributed by atoms with E-state index in [4.69, 9.17) is 5.73 Å². The number of aliphatic hydroxyl groups is 1. The van der Waals surface area contributed by atoms with Gasteiger partial charge in [0.2, 0.25) is 11.9 Å². The van der Waals surface area contributed by atoms with Crippen LogP contribution in [0, 0.1) is 13.8 Å². The largest absolute Gasteiger partial charge is 0.390 e. The number of nitrogens with zero attached hydrogens (tertiary/aromatic N) is 4. The van der Waals surface area contributed by atoms with Crippen molar-refractivity contribution in [1.29, 1.82) is 0 Å². The molecule has 4 N–H and O–H groups in total. The van der Waals surface area contributed by atoms with E-state index in [9.17, 15) is 9.90 Å². The van der Waals surface area contributed by atoms with Gasteiger partial charge in [-0.15, -0.1) is 5.10 Å². The first-order valence-electron chi connectivity index (χ1n) is 8.47. The van der Waals surface area contributed by atoms with E-state index in [-0.39, 0.29) is 18.3 Å². The minimum absolute atomic E-state index is 0.145. The van der Waals surface area contributed by atoms with Crippen LogP contribution in [0.2, 0.25) is 0 Å². The molecule has 134 valence electrons. The van der Waals surface area contributed by atoms with Crippen molar-refractivity contribution >= 4 is 17.6 Å². The molecule has 1 aromatic carbocycles. The molecule has 8 heteroatoms. The van der Waals surface area contributed by atoms with E-state index in [1.807, 2.05) is 38.1 Å². The van der Waals surface area contributed by atoms with Gasteiger partial charge in [0.25, 0.3) is 5.78 Å². The first-order chi connectivity index (χ1) is 12.4. The standard InChI is InChI=1S/C18H20N6O2/c1-9-13(10(2)24-18(20-9)22-17(19)23-24)8-15(26)21-16-12-6-4-3-5-11(12)7-14(16)25/h3-6,14,16,25H,7-8H2,1-2H3,(H2,19,23)(H,21,26). The third-order valence-electron chi connectivity index (χ3n) is 4.92. The van der Waals surface area contributed by atoms with Crippen LogP contribution in [-0.4, -0.2) is 36.7 Å². The smallest absolute Gasteiger partial charge is 0.254 e. The Kier molecular flexibility index (Phi) is 3.84. The number of benzene rings is 1. The Bertz CT molecular complexity index is 1010. The number of carbonyl (C=O) groups is 1. The van der Waals surface area contributed by atoms with Gasteiger partial charge >= 0.3 is 0 Å². The number of aryl methyl sites for hydroxylation is 2. The van der Waals surface area contributed by atoms with Gasteiger partial charge in [-0.2, -0.15) is 9.50 Å². The average molecular weight is 352 g/mol. The highest BCUT2D eigenvalue weighted by Gasteiger charge is 2.32. The molecule has 3 aromatic rings. The molecule has 2 atom stereocenters. The van der Waals surface area contributed by atoms with Crippen molar-refractivity contribution in [2.75, 3.05) is 5.73 Å². The topological polar surface area (TPSA) is 118 Å². The molecule has 0 radical (unpaired) electrons. The van der Waals surface area contributed by atoms with Crippen LogP contribution < -0.4 is 11.1 Å². The average Bonchev–Trinajstić information content (AvgIpc) is 3.11. The van der Waals surface area contributed by atoms with Crippen molar-refractivity contribution in [1.82, 2.24) is 24.9 Å². The van der Waals surface area contributed by atoms with Crippen LogP contribution in [0.1, 0.15) is 34.1 Å². The van der Waals surface area contributed by atoms with Gasteiger partial charge in [0.1, 0.15) is 0 Å². The second-order valence-electron chi connectivity index (χ2n) is 6.64. The van der Waals surface area contributed by atoms with Crippen molar-refractivity contribution < 1.29 is 9.90 Å². The number of aromatic nitrogens is 4. The Hall–Kier alpha value is -3.00. The van der Waals surface area contributed by atoms with Gasteiger partial charge < -0.3 is 16.2 Å². The lowest BCUT2D eigenvalue weighted by molar-refractivity contribution is -0.122. The van der Waals surface area contributed by atoms with Gasteiger partial charge in [0, 0.05) is 23.4 Å². The minimum atomic E-state index is -0.616. The summed E-state index contributed by atoms with van der Waals surface area (Å²) < 4.78 is 1.55. The molecule has 2 heterocycles. The van der Waals surface area contributed by atoms with Gasteiger partial charge in [-0.25, -0.2) is 4.98 Å². The summed E-state index contributed by atoms with van der Waals surface area (Å²) in [6, 6.07) is 7.38. The fourth-order valence-corrected chi connectivity index (χ4v) is 3.61. The van der Waals surface area contributed by atoms with E-state index in [0.29, 0.717) is 17.9 Å². The molecule has 1 amide bonds. The SMILES string of the molecule is Cc1nc2nc(N)nn2c(C)c1CC(=O)NC1c2ccccc2CC1O. The molecule has 0 aliphatic heterocycles. The number of nitrogens with two attached hydrogens (primary N) is 1. The lowest BCUT2D eigenvalue weighted by Gasteiger charge is -2.18. The highest BCUT2D eigenvalue weighted by molar-refractivity contribution is 5.80. The molecule has 1 aliphatic rings. The number of nitrogens with one attached hydrogen (secondary N) is 1. The summed E-state index contributed by atoms with van der Waals surface area (Å²) in [5, 5.41) is 17.4. The molecule has 8 nitrogen and oxygen atoms in total. The Morgan fingerprint density at radius 2 is 2.12 bits per heavy atom. The van der Waals surface area contributed by atoms with E-state index in [1.54, 1.807) is 4.52 Å². The van der Waals surface area contributed by atoms with Crippen molar-refractivity contribution in [2.24, 2.45) is 0 Å². The van der Waals surface area contributed by atoms with Crippen LogP contribution >= 0.6 is 0 Å². The van der Waals surface area contributed by atoms with Gasteiger partial charge in [-0.3, -0.25) is 4.79 Å². The predicted octanol–water partition coefficient (Wildman–Crippen LogP) is 0.640. The first kappa shape index (κ1) is 16.5. The van der Waals surface area contributed by atoms with E-state index < -0.39 is 12.1 Å². The summed E-state index contributed by atoms with van der Waals surface area (Å²) in [5.74, 6) is 0.389. The zero-order chi connectivity index (χ0) is 18.4. The van der Waals surface area contributed by atoms with Crippen LogP contribution in [0.3, 0.4) is 0 Å². The third-order valence-corrected chi connectivity index (χ3v) is 4.92. The normalized spacial score (nSPS) is 18.9. The van der Waals surface area contributed by atoms with Crippen LogP contribution in [0.4, 0.5) is 5.95 Å². The van der Waals surface area contributed by atoms with Crippen molar-refractivity contribution in [2.45, 2.75) is 38.8 Å².